The number of aromatic nitrogens is 2. The average Bonchev–Trinajstić information content (AvgIpc) is 2.98. The molecule has 2 aromatic heterocycles. The van der Waals surface area contributed by atoms with E-state index >= 15 is 0 Å². The molecule has 0 amide bonds. The summed E-state index contributed by atoms with van der Waals surface area (Å²) in [5.74, 6) is 1.76. The van der Waals surface area contributed by atoms with Crippen LogP contribution in [0.25, 0.3) is 0 Å². The Morgan fingerprint density at radius 1 is 1.38 bits per heavy atom. The number of guanidine groups is 1. The molecule has 7 heteroatoms. The SMILES string of the molecule is CCNC(=NCc1ncc(C)c(OC)c1C)N(C)Cc1cccn1C.I. The zero-order chi connectivity index (χ0) is 18.4. The molecule has 0 fully saturated rings. The van der Waals surface area contributed by atoms with Gasteiger partial charge >= 0.3 is 0 Å². The summed E-state index contributed by atoms with van der Waals surface area (Å²) in [6.07, 6.45) is 3.90. The molecule has 0 aliphatic carbocycles. The van der Waals surface area contributed by atoms with Crippen LogP contribution in [0.4, 0.5) is 0 Å². The van der Waals surface area contributed by atoms with Gasteiger partial charge in [0.1, 0.15) is 5.75 Å². The molecule has 0 unspecified atom stereocenters. The second-order valence-corrected chi connectivity index (χ2v) is 6.18. The van der Waals surface area contributed by atoms with Gasteiger partial charge in [0.15, 0.2) is 5.96 Å². The summed E-state index contributed by atoms with van der Waals surface area (Å²) >= 11 is 0. The summed E-state index contributed by atoms with van der Waals surface area (Å²) < 4.78 is 7.61. The summed E-state index contributed by atoms with van der Waals surface area (Å²) in [4.78, 5) is 11.4. The van der Waals surface area contributed by atoms with Gasteiger partial charge in [-0.1, -0.05) is 0 Å². The van der Waals surface area contributed by atoms with Gasteiger partial charge in [-0.3, -0.25) is 4.98 Å². The van der Waals surface area contributed by atoms with E-state index in [0.717, 1.165) is 41.6 Å². The molecule has 0 saturated carbocycles. The number of hydrogen-bond donors (Lipinski definition) is 1. The predicted octanol–water partition coefficient (Wildman–Crippen LogP) is 3.26. The number of hydrogen-bond acceptors (Lipinski definition) is 3. The number of nitrogens with one attached hydrogen (secondary N) is 1. The molecule has 0 bridgehead atoms. The lowest BCUT2D eigenvalue weighted by Gasteiger charge is -2.22. The molecule has 0 aliphatic heterocycles. The largest absolute Gasteiger partial charge is 0.496 e. The van der Waals surface area contributed by atoms with E-state index in [9.17, 15) is 0 Å². The Balaban J connectivity index is 0.00000338. The number of aryl methyl sites for hydroxylation is 2. The maximum atomic E-state index is 5.48. The first-order chi connectivity index (χ1) is 12.0. The molecule has 0 radical (unpaired) electrons. The smallest absolute Gasteiger partial charge is 0.194 e. The summed E-state index contributed by atoms with van der Waals surface area (Å²) in [5, 5.41) is 3.35. The maximum Gasteiger partial charge on any atom is 0.194 e. The topological polar surface area (TPSA) is 54.7 Å². The summed E-state index contributed by atoms with van der Waals surface area (Å²) in [5.41, 5.74) is 4.26. The van der Waals surface area contributed by atoms with E-state index in [4.69, 9.17) is 9.73 Å². The molecule has 0 atom stereocenters. The normalized spacial score (nSPS) is 11.1. The molecule has 26 heavy (non-hydrogen) atoms. The number of pyridine rings is 1. The van der Waals surface area contributed by atoms with Crippen molar-refractivity contribution < 1.29 is 4.74 Å². The van der Waals surface area contributed by atoms with Crippen LogP contribution in [-0.4, -0.2) is 41.1 Å². The third-order valence-electron chi connectivity index (χ3n) is 4.28. The number of nitrogens with zero attached hydrogens (tertiary/aromatic N) is 4. The van der Waals surface area contributed by atoms with Crippen molar-refractivity contribution in [2.75, 3.05) is 20.7 Å². The van der Waals surface area contributed by atoms with Gasteiger partial charge in [0, 0.05) is 49.9 Å². The van der Waals surface area contributed by atoms with Gasteiger partial charge in [0.25, 0.3) is 0 Å². The second kappa shape index (κ2) is 10.4. The highest BCUT2D eigenvalue weighted by Gasteiger charge is 2.11. The number of halogens is 1. The standard InChI is InChI=1S/C19H29N5O.HI/c1-7-20-19(24(5)13-16-9-8-10-23(16)4)22-12-17-15(3)18(25-6)14(2)11-21-17;/h8-11H,7,12-13H2,1-6H3,(H,20,22);1H. The van der Waals surface area contributed by atoms with Crippen LogP contribution >= 0.6 is 24.0 Å². The molecule has 144 valence electrons. The zero-order valence-electron chi connectivity index (χ0n) is 16.5. The fourth-order valence-corrected chi connectivity index (χ4v) is 2.83. The van der Waals surface area contributed by atoms with Crippen molar-refractivity contribution in [2.24, 2.45) is 12.0 Å². The van der Waals surface area contributed by atoms with E-state index in [1.54, 1.807) is 7.11 Å². The first kappa shape index (κ1) is 22.3. The average molecular weight is 471 g/mol. The van der Waals surface area contributed by atoms with Gasteiger partial charge < -0.3 is 19.5 Å². The molecule has 0 aliphatic rings. The van der Waals surface area contributed by atoms with Crippen molar-refractivity contribution in [3.8, 4) is 5.75 Å². The van der Waals surface area contributed by atoms with Crippen LogP contribution in [-0.2, 0) is 20.1 Å². The molecule has 1 N–H and O–H groups in total. The lowest BCUT2D eigenvalue weighted by molar-refractivity contribution is 0.407. The van der Waals surface area contributed by atoms with Crippen LogP contribution in [0, 0.1) is 13.8 Å². The van der Waals surface area contributed by atoms with Crippen molar-refractivity contribution in [1.82, 2.24) is 19.8 Å². The van der Waals surface area contributed by atoms with Crippen LogP contribution in [0.1, 0.15) is 29.4 Å². The van der Waals surface area contributed by atoms with Crippen LogP contribution in [0.5, 0.6) is 5.75 Å². The van der Waals surface area contributed by atoms with E-state index in [2.05, 4.69) is 52.1 Å². The van der Waals surface area contributed by atoms with E-state index < -0.39 is 0 Å². The van der Waals surface area contributed by atoms with Gasteiger partial charge in [-0.15, -0.1) is 24.0 Å². The highest BCUT2D eigenvalue weighted by Crippen LogP contribution is 2.24. The van der Waals surface area contributed by atoms with E-state index in [-0.39, 0.29) is 24.0 Å². The second-order valence-electron chi connectivity index (χ2n) is 6.18. The van der Waals surface area contributed by atoms with Crippen molar-refractivity contribution in [2.45, 2.75) is 33.9 Å². The summed E-state index contributed by atoms with van der Waals surface area (Å²) in [6, 6.07) is 4.18. The lowest BCUT2D eigenvalue weighted by Crippen LogP contribution is -2.38. The summed E-state index contributed by atoms with van der Waals surface area (Å²) in [7, 11) is 5.80. The molecular weight excluding hydrogens is 441 g/mol. The van der Waals surface area contributed by atoms with E-state index in [0.29, 0.717) is 6.54 Å². The first-order valence-corrected chi connectivity index (χ1v) is 8.56. The van der Waals surface area contributed by atoms with Gasteiger partial charge in [0.2, 0.25) is 0 Å². The van der Waals surface area contributed by atoms with Crippen LogP contribution < -0.4 is 10.1 Å². The van der Waals surface area contributed by atoms with Crippen LogP contribution in [0.3, 0.4) is 0 Å². The Kier molecular flexibility index (Phi) is 8.91. The Hall–Kier alpha value is -1.77. The predicted molar refractivity (Wildman–Crippen MR) is 117 cm³/mol. The van der Waals surface area contributed by atoms with Gasteiger partial charge in [-0.25, -0.2) is 4.99 Å². The zero-order valence-corrected chi connectivity index (χ0v) is 18.9. The van der Waals surface area contributed by atoms with Gasteiger partial charge in [0.05, 0.1) is 25.9 Å². The van der Waals surface area contributed by atoms with Crippen molar-refractivity contribution in [3.05, 3.63) is 47.0 Å². The molecule has 2 heterocycles. The van der Waals surface area contributed by atoms with Gasteiger partial charge in [-0.2, -0.15) is 0 Å². The molecule has 2 aromatic rings. The minimum absolute atomic E-state index is 0. The minimum atomic E-state index is 0. The quantitative estimate of drug-likeness (QED) is 0.399. The molecule has 0 aromatic carbocycles. The number of methoxy groups -OCH3 is 1. The van der Waals surface area contributed by atoms with E-state index in [1.165, 1.54) is 5.69 Å². The Morgan fingerprint density at radius 2 is 2.12 bits per heavy atom. The van der Waals surface area contributed by atoms with Crippen molar-refractivity contribution in [3.63, 3.8) is 0 Å². The van der Waals surface area contributed by atoms with Crippen molar-refractivity contribution >= 4 is 29.9 Å². The molecular formula is C19H30IN5O. The van der Waals surface area contributed by atoms with Crippen LogP contribution in [0.15, 0.2) is 29.5 Å². The van der Waals surface area contributed by atoms with Crippen molar-refractivity contribution in [1.29, 1.82) is 0 Å². The third kappa shape index (κ3) is 5.36. The van der Waals surface area contributed by atoms with Crippen LogP contribution in [0.2, 0.25) is 0 Å². The number of ether oxygens (including phenoxy) is 1. The van der Waals surface area contributed by atoms with E-state index in [1.807, 2.05) is 27.1 Å². The van der Waals surface area contributed by atoms with Gasteiger partial charge in [-0.05, 0) is 32.9 Å². The molecule has 6 nitrogen and oxygen atoms in total. The minimum Gasteiger partial charge on any atom is -0.496 e. The monoisotopic (exact) mass is 471 g/mol. The summed E-state index contributed by atoms with van der Waals surface area (Å²) in [6.45, 7) is 8.24. The molecule has 0 saturated heterocycles. The number of aliphatic imine (C=N–C) groups is 1. The first-order valence-electron chi connectivity index (χ1n) is 8.56. The number of rotatable bonds is 6. The Morgan fingerprint density at radius 3 is 2.69 bits per heavy atom. The maximum absolute atomic E-state index is 5.48. The highest BCUT2D eigenvalue weighted by atomic mass is 127. The Bertz CT molecular complexity index is 742. The lowest BCUT2D eigenvalue weighted by atomic mass is 10.1. The Labute approximate surface area is 173 Å². The fourth-order valence-electron chi connectivity index (χ4n) is 2.83. The highest BCUT2D eigenvalue weighted by molar-refractivity contribution is 14.0. The third-order valence-corrected chi connectivity index (χ3v) is 4.28. The molecule has 2 rings (SSSR count). The molecule has 0 spiro atoms. The fraction of sp³-hybridized carbons (Fsp3) is 0.474.